The molecule has 2 aromatic rings. The lowest BCUT2D eigenvalue weighted by atomic mass is 9.97. The highest BCUT2D eigenvalue weighted by Crippen LogP contribution is 2.36. The predicted octanol–water partition coefficient (Wildman–Crippen LogP) is 3.62. The molecule has 2 saturated heterocycles. The SMILES string of the molecule is O=C(O)C(F)(F)F.O=C(O)C(F)(F)F.O=C(O)C(F)(F)F.c1cnc(NC2COC3(CCN(Cc4ccncc4)C3)C2)nc1. The normalized spacial score (nSPS) is 19.8. The minimum atomic E-state index is -5.08. The van der Waals surface area contributed by atoms with E-state index >= 15 is 0 Å². The van der Waals surface area contributed by atoms with Gasteiger partial charge in [0.2, 0.25) is 5.95 Å². The number of likely N-dealkylation sites (tertiary alicyclic amines) is 1. The molecule has 1 spiro atoms. The predicted molar refractivity (Wildman–Crippen MR) is 128 cm³/mol. The molecule has 21 heteroatoms. The number of hydrogen-bond acceptors (Lipinski definition) is 9. The fourth-order valence-corrected chi connectivity index (χ4v) is 3.59. The van der Waals surface area contributed by atoms with Gasteiger partial charge in [0, 0.05) is 50.8 Å². The second-order valence-corrected chi connectivity index (χ2v) is 8.84. The van der Waals surface area contributed by atoms with Crippen molar-refractivity contribution >= 4 is 23.9 Å². The van der Waals surface area contributed by atoms with Crippen LogP contribution in [-0.2, 0) is 25.7 Å². The fraction of sp³-hybridized carbons (Fsp3) is 0.478. The molecule has 2 aliphatic rings. The number of nitrogens with one attached hydrogen (secondary N) is 1. The van der Waals surface area contributed by atoms with Crippen LogP contribution >= 0.6 is 0 Å². The van der Waals surface area contributed by atoms with Gasteiger partial charge < -0.3 is 25.4 Å². The third-order valence-corrected chi connectivity index (χ3v) is 5.39. The number of aliphatic carboxylic acids is 3. The van der Waals surface area contributed by atoms with Crippen molar-refractivity contribution in [2.24, 2.45) is 0 Å². The van der Waals surface area contributed by atoms with Gasteiger partial charge >= 0.3 is 36.4 Å². The molecule has 246 valence electrons. The topological polar surface area (TPSA) is 175 Å². The highest BCUT2D eigenvalue weighted by Gasteiger charge is 2.45. The molecule has 4 N–H and O–H groups in total. The number of nitrogens with zero attached hydrogens (tertiary/aromatic N) is 4. The second-order valence-electron chi connectivity index (χ2n) is 8.84. The molecule has 12 nitrogen and oxygen atoms in total. The third kappa shape index (κ3) is 14.3. The van der Waals surface area contributed by atoms with Gasteiger partial charge in [-0.1, -0.05) is 0 Å². The molecule has 0 amide bonds. The first-order chi connectivity index (χ1) is 20.1. The van der Waals surface area contributed by atoms with Crippen LogP contribution in [-0.4, -0.2) is 103 Å². The molecule has 0 radical (unpaired) electrons. The number of aromatic nitrogens is 3. The zero-order valence-corrected chi connectivity index (χ0v) is 22.0. The Bertz CT molecular complexity index is 1090. The number of anilines is 1. The van der Waals surface area contributed by atoms with Gasteiger partial charge in [-0.3, -0.25) is 9.88 Å². The van der Waals surface area contributed by atoms with Crippen LogP contribution in [0.5, 0.6) is 0 Å². The van der Waals surface area contributed by atoms with Gasteiger partial charge in [0.15, 0.2) is 0 Å². The summed E-state index contributed by atoms with van der Waals surface area (Å²) < 4.78 is 101. The smallest absolute Gasteiger partial charge is 0.475 e. The zero-order valence-electron chi connectivity index (χ0n) is 22.0. The largest absolute Gasteiger partial charge is 0.490 e. The van der Waals surface area contributed by atoms with E-state index in [0.29, 0.717) is 12.0 Å². The lowest BCUT2D eigenvalue weighted by molar-refractivity contribution is -0.193. The summed E-state index contributed by atoms with van der Waals surface area (Å²) in [5, 5.41) is 24.8. The van der Waals surface area contributed by atoms with E-state index in [-0.39, 0.29) is 5.60 Å². The number of carboxylic acids is 3. The number of hydrogen-bond donors (Lipinski definition) is 4. The molecule has 2 fully saturated rings. The molecule has 2 unspecified atom stereocenters. The van der Waals surface area contributed by atoms with Crippen LogP contribution in [0.2, 0.25) is 0 Å². The Morgan fingerprint density at radius 1 is 0.864 bits per heavy atom. The van der Waals surface area contributed by atoms with Crippen molar-refractivity contribution in [1.29, 1.82) is 0 Å². The number of alkyl halides is 9. The monoisotopic (exact) mass is 653 g/mol. The summed E-state index contributed by atoms with van der Waals surface area (Å²) in [7, 11) is 0. The first-order valence-electron chi connectivity index (χ1n) is 11.8. The maximum Gasteiger partial charge on any atom is 0.490 e. The molecular formula is C23H24F9N5O7. The number of ether oxygens (including phenoxy) is 1. The van der Waals surface area contributed by atoms with Gasteiger partial charge in [0.1, 0.15) is 0 Å². The Morgan fingerprint density at radius 2 is 1.32 bits per heavy atom. The van der Waals surface area contributed by atoms with E-state index in [2.05, 4.69) is 37.3 Å². The standard InChI is InChI=1S/C17H21N5O.3C2HF3O2/c1-5-19-16(20-6-1)21-15-10-17(23-12-15)4-9-22(13-17)11-14-2-7-18-8-3-14;3*3-2(4,5)1(6)7/h1-3,5-8,15H,4,9-13H2,(H,19,20,21);3*(H,6,7). The first-order valence-corrected chi connectivity index (χ1v) is 11.8. The molecule has 2 aliphatic heterocycles. The Morgan fingerprint density at radius 3 is 1.75 bits per heavy atom. The van der Waals surface area contributed by atoms with Crippen molar-refractivity contribution in [3.63, 3.8) is 0 Å². The van der Waals surface area contributed by atoms with Crippen molar-refractivity contribution in [1.82, 2.24) is 19.9 Å². The molecule has 4 heterocycles. The van der Waals surface area contributed by atoms with E-state index in [4.69, 9.17) is 34.4 Å². The Hall–Kier alpha value is -4.27. The Labute approximate surface area is 241 Å². The highest BCUT2D eigenvalue weighted by atomic mass is 19.4. The zero-order chi connectivity index (χ0) is 33.8. The van der Waals surface area contributed by atoms with Gasteiger partial charge in [-0.25, -0.2) is 24.4 Å². The lowest BCUT2D eigenvalue weighted by Gasteiger charge is -2.23. The average molecular weight is 653 g/mol. The fourth-order valence-electron chi connectivity index (χ4n) is 3.59. The van der Waals surface area contributed by atoms with Gasteiger partial charge in [-0.15, -0.1) is 0 Å². The van der Waals surface area contributed by atoms with Gasteiger partial charge in [-0.05, 0) is 30.2 Å². The molecule has 0 saturated carbocycles. The van der Waals surface area contributed by atoms with Crippen LogP contribution in [0.1, 0.15) is 18.4 Å². The van der Waals surface area contributed by atoms with E-state index in [1.54, 1.807) is 12.4 Å². The van der Waals surface area contributed by atoms with E-state index in [1.807, 2.05) is 18.5 Å². The van der Waals surface area contributed by atoms with E-state index in [1.165, 1.54) is 5.56 Å². The number of carboxylic acid groups (broad SMARTS) is 3. The summed E-state index contributed by atoms with van der Waals surface area (Å²) in [6.45, 7) is 3.76. The molecule has 2 atom stereocenters. The van der Waals surface area contributed by atoms with Crippen LogP contribution in [0.3, 0.4) is 0 Å². The Balaban J connectivity index is 0.000000379. The first kappa shape index (κ1) is 37.8. The van der Waals surface area contributed by atoms with Gasteiger partial charge in [0.05, 0.1) is 18.2 Å². The second kappa shape index (κ2) is 16.0. The summed E-state index contributed by atoms with van der Waals surface area (Å²) in [6.07, 6.45) is -5.93. The van der Waals surface area contributed by atoms with Crippen molar-refractivity contribution in [3.8, 4) is 0 Å². The molecule has 4 rings (SSSR count). The summed E-state index contributed by atoms with van der Waals surface area (Å²) >= 11 is 0. The van der Waals surface area contributed by atoms with Crippen molar-refractivity contribution in [2.45, 2.75) is 49.6 Å². The molecule has 44 heavy (non-hydrogen) atoms. The van der Waals surface area contributed by atoms with Crippen molar-refractivity contribution < 1.29 is 74.0 Å². The summed E-state index contributed by atoms with van der Waals surface area (Å²) in [4.78, 5) is 41.7. The van der Waals surface area contributed by atoms with E-state index in [0.717, 1.165) is 39.1 Å². The average Bonchev–Trinajstić information content (AvgIpc) is 3.49. The molecule has 2 aromatic heterocycles. The molecule has 0 aliphatic carbocycles. The van der Waals surface area contributed by atoms with Crippen LogP contribution in [0, 0.1) is 0 Å². The number of halogens is 9. The molecule has 0 aromatic carbocycles. The maximum absolute atomic E-state index is 10.6. The number of carbonyl (C=O) groups is 3. The van der Waals surface area contributed by atoms with E-state index < -0.39 is 36.4 Å². The van der Waals surface area contributed by atoms with Crippen LogP contribution in [0.15, 0.2) is 43.0 Å². The molecular weight excluding hydrogens is 629 g/mol. The quantitative estimate of drug-likeness (QED) is 0.354. The van der Waals surface area contributed by atoms with E-state index in [9.17, 15) is 39.5 Å². The Kier molecular flexibility index (Phi) is 13.7. The van der Waals surface area contributed by atoms with Crippen LogP contribution in [0.25, 0.3) is 0 Å². The van der Waals surface area contributed by atoms with Gasteiger partial charge in [0.25, 0.3) is 0 Å². The van der Waals surface area contributed by atoms with Crippen LogP contribution in [0.4, 0.5) is 45.5 Å². The van der Waals surface area contributed by atoms with Gasteiger partial charge in [-0.2, -0.15) is 39.5 Å². The minimum absolute atomic E-state index is 0.0144. The third-order valence-electron chi connectivity index (χ3n) is 5.39. The maximum atomic E-state index is 10.6. The summed E-state index contributed by atoms with van der Waals surface area (Å²) in [6, 6.07) is 6.28. The summed E-state index contributed by atoms with van der Waals surface area (Å²) in [5.41, 5.74) is 1.29. The minimum Gasteiger partial charge on any atom is -0.475 e. The number of pyridine rings is 1. The number of rotatable bonds is 4. The van der Waals surface area contributed by atoms with Crippen LogP contribution < -0.4 is 5.32 Å². The van der Waals surface area contributed by atoms with Crippen molar-refractivity contribution in [2.75, 3.05) is 25.0 Å². The lowest BCUT2D eigenvalue weighted by Crippen LogP contribution is -2.33. The molecule has 0 bridgehead atoms. The highest BCUT2D eigenvalue weighted by molar-refractivity contribution is 5.73. The summed E-state index contributed by atoms with van der Waals surface area (Å²) in [5.74, 6) is -7.59. The van der Waals surface area contributed by atoms with Crippen molar-refractivity contribution in [3.05, 3.63) is 48.5 Å².